The first-order valence-corrected chi connectivity index (χ1v) is 10.4. The first-order chi connectivity index (χ1) is 12.6. The minimum Gasteiger partial charge on any atom is -0.494 e. The van der Waals surface area contributed by atoms with Gasteiger partial charge in [-0.25, -0.2) is 4.39 Å². The van der Waals surface area contributed by atoms with Crippen LogP contribution in [0.25, 0.3) is 10.2 Å². The minimum absolute atomic E-state index is 0.292. The third-order valence-corrected chi connectivity index (χ3v) is 5.41. The number of nitrogens with zero attached hydrogens (tertiary/aromatic N) is 2. The molecule has 0 aliphatic heterocycles. The largest absolute Gasteiger partial charge is 0.494 e. The summed E-state index contributed by atoms with van der Waals surface area (Å²) in [6, 6.07) is 11.6. The Hall–Kier alpha value is -2.12. The van der Waals surface area contributed by atoms with E-state index in [0.29, 0.717) is 23.5 Å². The van der Waals surface area contributed by atoms with Crippen molar-refractivity contribution in [1.29, 1.82) is 0 Å². The Morgan fingerprint density at radius 3 is 2.73 bits per heavy atom. The smallest absolute Gasteiger partial charge is 0.279 e. The summed E-state index contributed by atoms with van der Waals surface area (Å²) >= 11 is 3.04. The van der Waals surface area contributed by atoms with Crippen LogP contribution in [-0.4, -0.2) is 29.1 Å². The first kappa shape index (κ1) is 18.7. The van der Waals surface area contributed by atoms with Crippen molar-refractivity contribution in [2.45, 2.75) is 13.5 Å². The molecule has 0 bridgehead atoms. The highest BCUT2D eigenvalue weighted by atomic mass is 32.2. The zero-order valence-electron chi connectivity index (χ0n) is 14.6. The molecule has 0 radical (unpaired) electrons. The van der Waals surface area contributed by atoms with Gasteiger partial charge in [0.15, 0.2) is 4.80 Å². The Balaban J connectivity index is 2.00. The quantitative estimate of drug-likeness (QED) is 0.629. The van der Waals surface area contributed by atoms with E-state index in [2.05, 4.69) is 4.99 Å². The van der Waals surface area contributed by atoms with Crippen LogP contribution in [-0.2, 0) is 6.54 Å². The standard InChI is InChI=1S/C19H19FN2O2S2/c1-3-24-15-7-4-13(5-8-15)18(23)21-19-22(10-11-25-2)16-9-6-14(20)12-17(16)26-19/h4-9,12H,3,10-11H2,1-2H3. The number of carbonyl (C=O) groups is 1. The molecule has 0 atom stereocenters. The predicted octanol–water partition coefficient (Wildman–Crippen LogP) is 4.34. The summed E-state index contributed by atoms with van der Waals surface area (Å²) in [7, 11) is 0. The minimum atomic E-state index is -0.321. The highest BCUT2D eigenvalue weighted by Gasteiger charge is 2.10. The van der Waals surface area contributed by atoms with Crippen molar-refractivity contribution in [2.24, 2.45) is 4.99 Å². The number of thioether (sulfide) groups is 1. The van der Waals surface area contributed by atoms with E-state index in [4.69, 9.17) is 4.74 Å². The van der Waals surface area contributed by atoms with Gasteiger partial charge in [0, 0.05) is 17.9 Å². The summed E-state index contributed by atoms with van der Waals surface area (Å²) < 4.78 is 21.7. The van der Waals surface area contributed by atoms with E-state index < -0.39 is 0 Å². The van der Waals surface area contributed by atoms with Gasteiger partial charge >= 0.3 is 0 Å². The van der Waals surface area contributed by atoms with Crippen LogP contribution in [0.15, 0.2) is 47.5 Å². The second-order valence-electron chi connectivity index (χ2n) is 5.52. The summed E-state index contributed by atoms with van der Waals surface area (Å²) in [4.78, 5) is 17.4. The monoisotopic (exact) mass is 390 g/mol. The van der Waals surface area contributed by atoms with Gasteiger partial charge in [-0.05, 0) is 55.6 Å². The topological polar surface area (TPSA) is 43.6 Å². The summed E-state index contributed by atoms with van der Waals surface area (Å²) in [5.41, 5.74) is 1.39. The number of carbonyl (C=O) groups excluding carboxylic acids is 1. The molecule has 3 aromatic rings. The molecule has 0 spiro atoms. The van der Waals surface area contributed by atoms with E-state index in [0.717, 1.165) is 21.7 Å². The number of rotatable bonds is 6. The number of thiazole rings is 1. The molecule has 136 valence electrons. The summed E-state index contributed by atoms with van der Waals surface area (Å²) in [5, 5.41) is 0. The zero-order chi connectivity index (χ0) is 18.5. The number of amides is 1. The normalized spacial score (nSPS) is 11.9. The van der Waals surface area contributed by atoms with Crippen molar-refractivity contribution in [3.8, 4) is 5.75 Å². The van der Waals surface area contributed by atoms with Gasteiger partial charge in [0.05, 0.1) is 16.8 Å². The van der Waals surface area contributed by atoms with Crippen LogP contribution in [0.5, 0.6) is 5.75 Å². The van der Waals surface area contributed by atoms with E-state index in [1.165, 1.54) is 23.5 Å². The lowest BCUT2D eigenvalue weighted by atomic mass is 10.2. The Morgan fingerprint density at radius 1 is 1.27 bits per heavy atom. The number of aromatic nitrogens is 1. The molecular formula is C19H19FN2O2S2. The molecule has 0 fully saturated rings. The van der Waals surface area contributed by atoms with Crippen molar-refractivity contribution in [3.63, 3.8) is 0 Å². The first-order valence-electron chi connectivity index (χ1n) is 8.22. The van der Waals surface area contributed by atoms with Gasteiger partial charge in [0.25, 0.3) is 5.91 Å². The third-order valence-electron chi connectivity index (χ3n) is 3.77. The molecule has 3 rings (SSSR count). The Labute approximate surface area is 159 Å². The molecule has 2 aromatic carbocycles. The fourth-order valence-corrected chi connectivity index (χ4v) is 3.99. The van der Waals surface area contributed by atoms with Crippen molar-refractivity contribution < 1.29 is 13.9 Å². The van der Waals surface area contributed by atoms with Gasteiger partial charge in [0.2, 0.25) is 0 Å². The molecule has 0 unspecified atom stereocenters. The van der Waals surface area contributed by atoms with E-state index in [9.17, 15) is 9.18 Å². The zero-order valence-corrected chi connectivity index (χ0v) is 16.2. The van der Waals surface area contributed by atoms with Crippen molar-refractivity contribution >= 4 is 39.2 Å². The van der Waals surface area contributed by atoms with Crippen molar-refractivity contribution in [3.05, 3.63) is 58.6 Å². The number of hydrogen-bond acceptors (Lipinski definition) is 4. The maximum Gasteiger partial charge on any atom is 0.279 e. The van der Waals surface area contributed by atoms with Crippen LogP contribution in [0, 0.1) is 5.82 Å². The maximum atomic E-state index is 13.5. The molecule has 1 aromatic heterocycles. The average Bonchev–Trinajstić information content (AvgIpc) is 2.96. The highest BCUT2D eigenvalue weighted by molar-refractivity contribution is 7.98. The SMILES string of the molecule is CCOc1ccc(C(=O)N=c2sc3cc(F)ccc3n2CCSC)cc1. The molecule has 4 nitrogen and oxygen atoms in total. The Morgan fingerprint density at radius 2 is 2.04 bits per heavy atom. The molecule has 0 saturated heterocycles. The van der Waals surface area contributed by atoms with Gasteiger partial charge in [0.1, 0.15) is 11.6 Å². The van der Waals surface area contributed by atoms with Gasteiger partial charge in [-0.2, -0.15) is 16.8 Å². The fourth-order valence-electron chi connectivity index (χ4n) is 2.54. The lowest BCUT2D eigenvalue weighted by Gasteiger charge is -2.04. The molecule has 1 heterocycles. The second-order valence-corrected chi connectivity index (χ2v) is 7.51. The van der Waals surface area contributed by atoms with Crippen molar-refractivity contribution in [2.75, 3.05) is 18.6 Å². The van der Waals surface area contributed by atoms with Gasteiger partial charge < -0.3 is 9.30 Å². The molecule has 0 aliphatic rings. The molecule has 0 aliphatic carbocycles. The van der Waals surface area contributed by atoms with E-state index in [-0.39, 0.29) is 11.7 Å². The number of halogens is 1. The molecule has 0 N–H and O–H groups in total. The number of aryl methyl sites for hydroxylation is 1. The lowest BCUT2D eigenvalue weighted by molar-refractivity contribution is 0.0998. The second kappa shape index (κ2) is 8.51. The molecule has 26 heavy (non-hydrogen) atoms. The van der Waals surface area contributed by atoms with Crippen LogP contribution in [0.1, 0.15) is 17.3 Å². The number of fused-ring (bicyclic) bond motifs is 1. The van der Waals surface area contributed by atoms with E-state index >= 15 is 0 Å². The van der Waals surface area contributed by atoms with Crippen LogP contribution in [0.4, 0.5) is 4.39 Å². The molecular weight excluding hydrogens is 371 g/mol. The average molecular weight is 391 g/mol. The predicted molar refractivity (Wildman–Crippen MR) is 106 cm³/mol. The van der Waals surface area contributed by atoms with E-state index in [1.807, 2.05) is 17.7 Å². The number of hydrogen-bond donors (Lipinski definition) is 0. The number of ether oxygens (including phenoxy) is 1. The maximum absolute atomic E-state index is 13.5. The van der Waals surface area contributed by atoms with Crippen LogP contribution >= 0.6 is 23.1 Å². The van der Waals surface area contributed by atoms with Gasteiger partial charge in [-0.1, -0.05) is 11.3 Å². The fraction of sp³-hybridized carbons (Fsp3) is 0.263. The Kier molecular flexibility index (Phi) is 6.11. The van der Waals surface area contributed by atoms with Crippen LogP contribution < -0.4 is 9.54 Å². The summed E-state index contributed by atoms with van der Waals surface area (Å²) in [6.07, 6.45) is 2.02. The molecule has 0 saturated carbocycles. The molecule has 1 amide bonds. The van der Waals surface area contributed by atoms with E-state index in [1.54, 1.807) is 42.1 Å². The Bertz CT molecular complexity index is 977. The van der Waals surface area contributed by atoms with Gasteiger partial charge in [-0.15, -0.1) is 0 Å². The lowest BCUT2D eigenvalue weighted by Crippen LogP contribution is -2.18. The molecule has 7 heteroatoms. The van der Waals surface area contributed by atoms with Crippen LogP contribution in [0.3, 0.4) is 0 Å². The summed E-state index contributed by atoms with van der Waals surface area (Å²) in [5.74, 6) is 0.989. The highest BCUT2D eigenvalue weighted by Crippen LogP contribution is 2.19. The van der Waals surface area contributed by atoms with Gasteiger partial charge in [-0.3, -0.25) is 4.79 Å². The van der Waals surface area contributed by atoms with Crippen molar-refractivity contribution in [1.82, 2.24) is 4.57 Å². The third kappa shape index (κ3) is 4.16. The number of benzene rings is 2. The van der Waals surface area contributed by atoms with Crippen LogP contribution in [0.2, 0.25) is 0 Å². The summed E-state index contributed by atoms with van der Waals surface area (Å²) in [6.45, 7) is 3.19.